The second kappa shape index (κ2) is 5.51. The summed E-state index contributed by atoms with van der Waals surface area (Å²) in [6.45, 7) is 3.99. The van der Waals surface area contributed by atoms with Crippen LogP contribution in [-0.4, -0.2) is 23.7 Å². The highest BCUT2D eigenvalue weighted by atomic mass is 35.5. The Balaban J connectivity index is 2.15. The van der Waals surface area contributed by atoms with Crippen LogP contribution in [0.5, 0.6) is 0 Å². The summed E-state index contributed by atoms with van der Waals surface area (Å²) in [5.74, 6) is -0.153. The normalized spacial score (nSPS) is 26.4. The van der Waals surface area contributed by atoms with Crippen LogP contribution in [0.15, 0.2) is 18.2 Å². The molecule has 0 saturated heterocycles. The molecule has 104 valence electrons. The number of aryl methyl sites for hydroxylation is 1. The molecule has 1 aliphatic rings. The number of nitrogens with one attached hydrogen (secondary N) is 1. The molecule has 1 aliphatic carbocycles. The molecule has 0 radical (unpaired) electrons. The van der Waals surface area contributed by atoms with Crippen molar-refractivity contribution in [1.29, 1.82) is 0 Å². The Morgan fingerprint density at radius 1 is 1.58 bits per heavy atom. The third kappa shape index (κ3) is 2.77. The van der Waals surface area contributed by atoms with Crippen LogP contribution < -0.4 is 5.32 Å². The highest BCUT2D eigenvalue weighted by molar-refractivity contribution is 6.34. The van der Waals surface area contributed by atoms with Gasteiger partial charge < -0.3 is 10.4 Å². The summed E-state index contributed by atoms with van der Waals surface area (Å²) in [7, 11) is 0. The average molecular weight is 282 g/mol. The van der Waals surface area contributed by atoms with Gasteiger partial charge >= 0.3 is 0 Å². The van der Waals surface area contributed by atoms with Crippen LogP contribution in [0.2, 0.25) is 5.02 Å². The van der Waals surface area contributed by atoms with E-state index in [2.05, 4.69) is 5.32 Å². The Morgan fingerprint density at radius 3 is 3.00 bits per heavy atom. The Bertz CT molecular complexity index is 489. The van der Waals surface area contributed by atoms with E-state index in [0.29, 0.717) is 10.6 Å². The van der Waals surface area contributed by atoms with Crippen molar-refractivity contribution in [2.75, 3.05) is 6.61 Å². The van der Waals surface area contributed by atoms with Gasteiger partial charge in [-0.3, -0.25) is 4.79 Å². The number of amides is 1. The van der Waals surface area contributed by atoms with E-state index in [1.54, 1.807) is 6.07 Å². The smallest absolute Gasteiger partial charge is 0.253 e. The molecule has 2 rings (SSSR count). The van der Waals surface area contributed by atoms with Crippen LogP contribution in [0.1, 0.15) is 42.1 Å². The van der Waals surface area contributed by atoms with Gasteiger partial charge in [-0.25, -0.2) is 0 Å². The molecule has 0 aliphatic heterocycles. The average Bonchev–Trinajstić information content (AvgIpc) is 2.75. The quantitative estimate of drug-likeness (QED) is 0.895. The molecule has 1 saturated carbocycles. The van der Waals surface area contributed by atoms with Crippen LogP contribution in [-0.2, 0) is 0 Å². The van der Waals surface area contributed by atoms with Gasteiger partial charge in [-0.2, -0.15) is 0 Å². The molecule has 1 aromatic rings. The summed E-state index contributed by atoms with van der Waals surface area (Å²) in [6.07, 6.45) is 2.88. The van der Waals surface area contributed by atoms with Gasteiger partial charge in [-0.05, 0) is 31.4 Å². The molecule has 1 amide bonds. The minimum atomic E-state index is -0.216. The van der Waals surface area contributed by atoms with E-state index in [1.165, 1.54) is 0 Å². The van der Waals surface area contributed by atoms with Crippen molar-refractivity contribution in [2.45, 2.75) is 39.2 Å². The second-order valence-corrected chi connectivity index (χ2v) is 6.04. The van der Waals surface area contributed by atoms with Crippen molar-refractivity contribution in [2.24, 2.45) is 5.41 Å². The van der Waals surface area contributed by atoms with Crippen molar-refractivity contribution < 1.29 is 9.90 Å². The van der Waals surface area contributed by atoms with Gasteiger partial charge in [-0.1, -0.05) is 37.1 Å². The first-order valence-electron chi connectivity index (χ1n) is 6.65. The number of hydrogen-bond donors (Lipinski definition) is 2. The van der Waals surface area contributed by atoms with Gasteiger partial charge in [-0.15, -0.1) is 0 Å². The number of aliphatic hydroxyl groups is 1. The summed E-state index contributed by atoms with van der Waals surface area (Å²) in [5, 5.41) is 13.0. The molecule has 2 N–H and O–H groups in total. The van der Waals surface area contributed by atoms with Crippen LogP contribution in [0.3, 0.4) is 0 Å². The minimum Gasteiger partial charge on any atom is -0.396 e. The molecule has 19 heavy (non-hydrogen) atoms. The van der Waals surface area contributed by atoms with Gasteiger partial charge in [0.2, 0.25) is 0 Å². The number of benzene rings is 1. The Hall–Kier alpha value is -1.06. The van der Waals surface area contributed by atoms with E-state index in [1.807, 2.05) is 26.0 Å². The van der Waals surface area contributed by atoms with E-state index >= 15 is 0 Å². The van der Waals surface area contributed by atoms with E-state index < -0.39 is 0 Å². The lowest BCUT2D eigenvalue weighted by atomic mass is 9.85. The fourth-order valence-electron chi connectivity index (χ4n) is 2.73. The number of hydrogen-bond acceptors (Lipinski definition) is 2. The highest BCUT2D eigenvalue weighted by Crippen LogP contribution is 2.37. The summed E-state index contributed by atoms with van der Waals surface area (Å²) in [6, 6.07) is 5.46. The summed E-state index contributed by atoms with van der Waals surface area (Å²) in [4.78, 5) is 12.3. The highest BCUT2D eigenvalue weighted by Gasteiger charge is 2.39. The minimum absolute atomic E-state index is 0.0154. The Morgan fingerprint density at radius 2 is 2.32 bits per heavy atom. The molecular formula is C15H20ClNO2. The van der Waals surface area contributed by atoms with Crippen molar-refractivity contribution >= 4 is 17.5 Å². The van der Waals surface area contributed by atoms with E-state index in [9.17, 15) is 9.90 Å². The molecular weight excluding hydrogens is 262 g/mol. The first kappa shape index (κ1) is 14.4. The third-order valence-electron chi connectivity index (χ3n) is 4.18. The molecule has 2 unspecified atom stereocenters. The van der Waals surface area contributed by atoms with Gasteiger partial charge in [0, 0.05) is 11.5 Å². The number of carbonyl (C=O) groups excluding carboxylic acids is 1. The predicted octanol–water partition coefficient (Wildman–Crippen LogP) is 2.93. The first-order chi connectivity index (χ1) is 8.98. The van der Waals surface area contributed by atoms with Crippen molar-refractivity contribution in [3.05, 3.63) is 34.3 Å². The number of halogens is 1. The molecule has 0 bridgehead atoms. The number of aliphatic hydroxyl groups excluding tert-OH is 1. The molecule has 0 spiro atoms. The standard InChI is InChI=1S/C15H20ClNO2/c1-10-5-3-6-11(13(10)16)14(19)17-12-7-4-8-15(12,2)9-18/h3,5-6,12,18H,4,7-9H2,1-2H3,(H,17,19). The van der Waals surface area contributed by atoms with E-state index in [4.69, 9.17) is 11.6 Å². The lowest BCUT2D eigenvalue weighted by Gasteiger charge is -2.30. The Labute approximate surface area is 119 Å². The van der Waals surface area contributed by atoms with E-state index in [-0.39, 0.29) is 24.0 Å². The van der Waals surface area contributed by atoms with Gasteiger partial charge in [0.25, 0.3) is 5.91 Å². The zero-order valence-corrected chi connectivity index (χ0v) is 12.1. The topological polar surface area (TPSA) is 49.3 Å². The SMILES string of the molecule is Cc1cccc(C(=O)NC2CCCC2(C)CO)c1Cl. The maximum absolute atomic E-state index is 12.3. The zero-order valence-electron chi connectivity index (χ0n) is 11.4. The fourth-order valence-corrected chi connectivity index (χ4v) is 2.94. The van der Waals surface area contributed by atoms with Crippen LogP contribution in [0.25, 0.3) is 0 Å². The van der Waals surface area contributed by atoms with Gasteiger partial charge in [0.1, 0.15) is 0 Å². The molecule has 0 heterocycles. The zero-order chi connectivity index (χ0) is 14.0. The number of rotatable bonds is 3. The maximum atomic E-state index is 12.3. The van der Waals surface area contributed by atoms with Crippen LogP contribution in [0, 0.1) is 12.3 Å². The predicted molar refractivity (Wildman–Crippen MR) is 76.5 cm³/mol. The molecule has 3 nitrogen and oxygen atoms in total. The fraction of sp³-hybridized carbons (Fsp3) is 0.533. The largest absolute Gasteiger partial charge is 0.396 e. The molecule has 2 atom stereocenters. The van der Waals surface area contributed by atoms with Crippen LogP contribution >= 0.6 is 11.6 Å². The molecule has 1 fully saturated rings. The van der Waals surface area contributed by atoms with Crippen molar-refractivity contribution in [3.8, 4) is 0 Å². The van der Waals surface area contributed by atoms with Gasteiger partial charge in [0.05, 0.1) is 17.2 Å². The van der Waals surface area contributed by atoms with E-state index in [0.717, 1.165) is 24.8 Å². The molecule has 1 aromatic carbocycles. The second-order valence-electron chi connectivity index (χ2n) is 5.67. The maximum Gasteiger partial charge on any atom is 0.253 e. The monoisotopic (exact) mass is 281 g/mol. The van der Waals surface area contributed by atoms with Crippen LogP contribution in [0.4, 0.5) is 0 Å². The lowest BCUT2D eigenvalue weighted by Crippen LogP contribution is -2.44. The number of carbonyl (C=O) groups is 1. The molecule has 0 aromatic heterocycles. The third-order valence-corrected chi connectivity index (χ3v) is 4.69. The van der Waals surface area contributed by atoms with Crippen molar-refractivity contribution in [1.82, 2.24) is 5.32 Å². The molecule has 4 heteroatoms. The Kier molecular flexibility index (Phi) is 4.16. The summed E-state index contributed by atoms with van der Waals surface area (Å²) in [5.41, 5.74) is 1.19. The summed E-state index contributed by atoms with van der Waals surface area (Å²) >= 11 is 6.17. The summed E-state index contributed by atoms with van der Waals surface area (Å²) < 4.78 is 0. The van der Waals surface area contributed by atoms with Gasteiger partial charge in [0.15, 0.2) is 0 Å². The lowest BCUT2D eigenvalue weighted by molar-refractivity contribution is 0.0830. The van der Waals surface area contributed by atoms with Crippen molar-refractivity contribution in [3.63, 3.8) is 0 Å². The first-order valence-corrected chi connectivity index (χ1v) is 7.02.